The van der Waals surface area contributed by atoms with Crippen LogP contribution >= 0.6 is 11.6 Å². The molecular weight excluding hydrogens is 348 g/mol. The summed E-state index contributed by atoms with van der Waals surface area (Å²) in [6.45, 7) is 0.433. The van der Waals surface area contributed by atoms with Crippen LogP contribution in [0.5, 0.6) is 5.75 Å². The molecule has 0 aliphatic rings. The monoisotopic (exact) mass is 364 g/mol. The highest BCUT2D eigenvalue weighted by Gasteiger charge is 2.22. The number of esters is 1. The standard InChI is InChI=1S/C17H17ClN2O5/c1-19(10-11-8-12(18)4-7-16(11)24-2)13-5-6-15(20(22)23)14(9-13)17(21)25-3/h4-9H,10H2,1-3H3. The maximum Gasteiger partial charge on any atom is 0.344 e. The van der Waals surface area contributed by atoms with E-state index in [1.807, 2.05) is 4.90 Å². The Hall–Kier alpha value is -2.80. The van der Waals surface area contributed by atoms with Crippen LogP contribution in [0.25, 0.3) is 0 Å². The Balaban J connectivity index is 2.37. The molecule has 0 aliphatic heterocycles. The number of ether oxygens (including phenoxy) is 2. The van der Waals surface area contributed by atoms with E-state index in [4.69, 9.17) is 16.3 Å². The average Bonchev–Trinajstić information content (AvgIpc) is 2.60. The first-order valence-corrected chi connectivity index (χ1v) is 7.65. The third-order valence-electron chi connectivity index (χ3n) is 3.67. The number of nitrogens with zero attached hydrogens (tertiary/aromatic N) is 2. The third-order valence-corrected chi connectivity index (χ3v) is 3.91. The number of rotatable bonds is 6. The number of benzene rings is 2. The van der Waals surface area contributed by atoms with E-state index in [0.29, 0.717) is 23.0 Å². The van der Waals surface area contributed by atoms with Crippen LogP contribution in [0.4, 0.5) is 11.4 Å². The molecule has 0 saturated carbocycles. The molecule has 2 aromatic rings. The molecule has 0 unspecified atom stereocenters. The van der Waals surface area contributed by atoms with Crippen LogP contribution in [0, 0.1) is 10.1 Å². The highest BCUT2D eigenvalue weighted by Crippen LogP contribution is 2.28. The van der Waals surface area contributed by atoms with E-state index in [0.717, 1.165) is 5.56 Å². The van der Waals surface area contributed by atoms with Gasteiger partial charge in [-0.25, -0.2) is 4.79 Å². The van der Waals surface area contributed by atoms with Gasteiger partial charge < -0.3 is 14.4 Å². The van der Waals surface area contributed by atoms with Gasteiger partial charge in [0.15, 0.2) is 0 Å². The number of hydrogen-bond donors (Lipinski definition) is 0. The van der Waals surface area contributed by atoms with E-state index >= 15 is 0 Å². The number of nitro benzene ring substituents is 1. The van der Waals surface area contributed by atoms with Crippen molar-refractivity contribution in [2.45, 2.75) is 6.54 Å². The Kier molecular flexibility index (Phi) is 5.82. The first kappa shape index (κ1) is 18.5. The van der Waals surface area contributed by atoms with Crippen molar-refractivity contribution in [3.8, 4) is 5.75 Å². The smallest absolute Gasteiger partial charge is 0.344 e. The van der Waals surface area contributed by atoms with Crippen molar-refractivity contribution in [3.63, 3.8) is 0 Å². The summed E-state index contributed by atoms with van der Waals surface area (Å²) in [5.41, 5.74) is 1.06. The lowest BCUT2D eigenvalue weighted by Gasteiger charge is -2.21. The number of carbonyl (C=O) groups is 1. The summed E-state index contributed by atoms with van der Waals surface area (Å²) in [4.78, 5) is 24.1. The predicted molar refractivity (Wildman–Crippen MR) is 94.5 cm³/mol. The minimum absolute atomic E-state index is 0.102. The van der Waals surface area contributed by atoms with E-state index < -0.39 is 10.9 Å². The minimum Gasteiger partial charge on any atom is -0.496 e. The summed E-state index contributed by atoms with van der Waals surface area (Å²) in [7, 11) is 4.54. The van der Waals surface area contributed by atoms with Gasteiger partial charge in [-0.2, -0.15) is 0 Å². The van der Waals surface area contributed by atoms with Crippen LogP contribution in [0.2, 0.25) is 5.02 Å². The van der Waals surface area contributed by atoms with E-state index in [1.54, 1.807) is 38.4 Å². The topological polar surface area (TPSA) is 81.9 Å². The van der Waals surface area contributed by atoms with Gasteiger partial charge in [-0.05, 0) is 30.3 Å². The Bertz CT molecular complexity index is 810. The van der Waals surface area contributed by atoms with Gasteiger partial charge in [-0.1, -0.05) is 11.6 Å². The molecule has 0 spiro atoms. The van der Waals surface area contributed by atoms with Gasteiger partial charge in [-0.15, -0.1) is 0 Å². The molecule has 132 valence electrons. The second-order valence-electron chi connectivity index (χ2n) is 5.26. The Labute approximate surface area is 149 Å². The molecule has 0 atom stereocenters. The molecule has 0 aliphatic carbocycles. The Morgan fingerprint density at radius 3 is 2.56 bits per heavy atom. The lowest BCUT2D eigenvalue weighted by Crippen LogP contribution is -2.18. The van der Waals surface area contributed by atoms with Crippen molar-refractivity contribution in [1.29, 1.82) is 0 Å². The van der Waals surface area contributed by atoms with Gasteiger partial charge in [-0.3, -0.25) is 10.1 Å². The number of anilines is 1. The molecule has 8 heteroatoms. The second kappa shape index (κ2) is 7.85. The highest BCUT2D eigenvalue weighted by molar-refractivity contribution is 6.30. The second-order valence-corrected chi connectivity index (χ2v) is 5.70. The fourth-order valence-corrected chi connectivity index (χ4v) is 2.61. The van der Waals surface area contributed by atoms with Crippen molar-refractivity contribution < 1.29 is 19.2 Å². The number of methoxy groups -OCH3 is 2. The zero-order valence-electron chi connectivity index (χ0n) is 14.0. The zero-order valence-corrected chi connectivity index (χ0v) is 14.7. The van der Waals surface area contributed by atoms with Crippen molar-refractivity contribution >= 4 is 28.9 Å². The molecular formula is C17H17ClN2O5. The molecule has 0 bridgehead atoms. The summed E-state index contributed by atoms with van der Waals surface area (Å²) in [5, 5.41) is 11.7. The fraction of sp³-hybridized carbons (Fsp3) is 0.235. The molecule has 0 heterocycles. The first-order valence-electron chi connectivity index (χ1n) is 7.27. The SMILES string of the molecule is COC(=O)c1cc(N(C)Cc2cc(Cl)ccc2OC)ccc1[N+](=O)[O-]. The molecule has 0 radical (unpaired) electrons. The van der Waals surface area contributed by atoms with Crippen molar-refractivity contribution in [2.24, 2.45) is 0 Å². The lowest BCUT2D eigenvalue weighted by atomic mass is 10.1. The van der Waals surface area contributed by atoms with E-state index in [1.165, 1.54) is 19.2 Å². The third kappa shape index (κ3) is 4.19. The van der Waals surface area contributed by atoms with E-state index in [2.05, 4.69) is 4.74 Å². The molecule has 0 saturated heterocycles. The van der Waals surface area contributed by atoms with Crippen LogP contribution in [-0.4, -0.2) is 32.2 Å². The minimum atomic E-state index is -0.762. The maximum absolute atomic E-state index is 11.8. The van der Waals surface area contributed by atoms with Gasteiger partial charge in [0, 0.05) is 35.9 Å². The number of nitro groups is 1. The normalized spacial score (nSPS) is 10.2. The van der Waals surface area contributed by atoms with Crippen LogP contribution in [0.15, 0.2) is 36.4 Å². The van der Waals surface area contributed by atoms with Crippen molar-refractivity contribution in [1.82, 2.24) is 0 Å². The summed E-state index contributed by atoms with van der Waals surface area (Å²) in [5.74, 6) is -0.0892. The van der Waals surface area contributed by atoms with Crippen LogP contribution in [-0.2, 0) is 11.3 Å². The molecule has 0 aromatic heterocycles. The van der Waals surface area contributed by atoms with Gasteiger partial charge >= 0.3 is 5.97 Å². The molecule has 2 aromatic carbocycles. The molecule has 0 amide bonds. The summed E-state index contributed by atoms with van der Waals surface area (Å²) < 4.78 is 9.95. The predicted octanol–water partition coefficient (Wildman–Crippen LogP) is 3.68. The number of halogens is 1. The van der Waals surface area contributed by atoms with Gasteiger partial charge in [0.1, 0.15) is 11.3 Å². The van der Waals surface area contributed by atoms with E-state index in [9.17, 15) is 14.9 Å². The van der Waals surface area contributed by atoms with Gasteiger partial charge in [0.25, 0.3) is 5.69 Å². The van der Waals surface area contributed by atoms with Crippen LogP contribution < -0.4 is 9.64 Å². The summed E-state index contributed by atoms with van der Waals surface area (Å²) >= 11 is 6.03. The lowest BCUT2D eigenvalue weighted by molar-refractivity contribution is -0.385. The number of carbonyl (C=O) groups excluding carboxylic acids is 1. The zero-order chi connectivity index (χ0) is 18.6. The van der Waals surface area contributed by atoms with Crippen molar-refractivity contribution in [3.05, 3.63) is 62.7 Å². The largest absolute Gasteiger partial charge is 0.496 e. The fourth-order valence-electron chi connectivity index (χ4n) is 2.41. The molecule has 0 fully saturated rings. The summed E-state index contributed by atoms with van der Waals surface area (Å²) in [6, 6.07) is 9.56. The quantitative estimate of drug-likeness (QED) is 0.442. The Morgan fingerprint density at radius 2 is 1.96 bits per heavy atom. The Morgan fingerprint density at radius 1 is 1.24 bits per heavy atom. The molecule has 2 rings (SSSR count). The van der Waals surface area contributed by atoms with Crippen LogP contribution in [0.3, 0.4) is 0 Å². The first-order chi connectivity index (χ1) is 11.9. The number of hydrogen-bond acceptors (Lipinski definition) is 6. The van der Waals surface area contributed by atoms with Gasteiger partial charge in [0.05, 0.1) is 19.1 Å². The average molecular weight is 365 g/mol. The summed E-state index contributed by atoms with van der Waals surface area (Å²) in [6.07, 6.45) is 0. The maximum atomic E-state index is 11.8. The molecule has 0 N–H and O–H groups in total. The van der Waals surface area contributed by atoms with Crippen LogP contribution in [0.1, 0.15) is 15.9 Å². The van der Waals surface area contributed by atoms with Crippen molar-refractivity contribution in [2.75, 3.05) is 26.2 Å². The highest BCUT2D eigenvalue weighted by atomic mass is 35.5. The van der Waals surface area contributed by atoms with Gasteiger partial charge in [0.2, 0.25) is 0 Å². The van der Waals surface area contributed by atoms with E-state index in [-0.39, 0.29) is 11.3 Å². The molecule has 25 heavy (non-hydrogen) atoms. The molecule has 7 nitrogen and oxygen atoms in total.